The van der Waals surface area contributed by atoms with Crippen LogP contribution in [0, 0.1) is 12.3 Å². The molecule has 0 N–H and O–H groups in total. The van der Waals surface area contributed by atoms with Gasteiger partial charge in [-0.3, -0.25) is 0 Å². The van der Waals surface area contributed by atoms with E-state index in [1.54, 1.807) is 38.1 Å². The lowest BCUT2D eigenvalue weighted by molar-refractivity contribution is -0.208. The van der Waals surface area contributed by atoms with Crippen molar-refractivity contribution in [2.45, 2.75) is 44.2 Å². The molecule has 0 aliphatic carbocycles. The lowest BCUT2D eigenvalue weighted by Crippen LogP contribution is -2.37. The summed E-state index contributed by atoms with van der Waals surface area (Å²) in [6.07, 6.45) is 2.93. The zero-order valence-corrected chi connectivity index (χ0v) is 11.8. The van der Waals surface area contributed by atoms with Gasteiger partial charge in [0.25, 0.3) is 0 Å². The number of ether oxygens (including phenoxy) is 4. The highest BCUT2D eigenvalue weighted by Gasteiger charge is 2.56. The first kappa shape index (κ1) is 14.1. The average molecular weight is 288 g/mol. The minimum absolute atomic E-state index is 0.454. The fraction of sp³-hybridized carbons (Fsp3) is 0.438. The normalized spacial score (nSPS) is 33.2. The van der Waals surface area contributed by atoms with Crippen LogP contribution in [0.25, 0.3) is 0 Å². The predicted octanol–water partition coefficient (Wildman–Crippen LogP) is 1.72. The molecule has 2 aliphatic heterocycles. The van der Waals surface area contributed by atoms with E-state index in [0.717, 1.165) is 0 Å². The molecular formula is C16H16O5. The van der Waals surface area contributed by atoms with Gasteiger partial charge in [-0.05, 0) is 26.0 Å². The summed E-state index contributed by atoms with van der Waals surface area (Å²) in [5, 5.41) is 0. The molecule has 0 aromatic heterocycles. The smallest absolute Gasteiger partial charge is 0.338 e. The molecular weight excluding hydrogens is 272 g/mol. The quantitative estimate of drug-likeness (QED) is 0.612. The van der Waals surface area contributed by atoms with E-state index in [4.69, 9.17) is 25.4 Å². The molecule has 0 spiro atoms. The topological polar surface area (TPSA) is 54.0 Å². The maximum absolute atomic E-state index is 12.2. The first-order valence-electron chi connectivity index (χ1n) is 6.73. The van der Waals surface area contributed by atoms with Crippen molar-refractivity contribution in [3.05, 3.63) is 35.9 Å². The van der Waals surface area contributed by atoms with Gasteiger partial charge in [-0.2, -0.15) is 0 Å². The van der Waals surface area contributed by atoms with Crippen LogP contribution < -0.4 is 0 Å². The summed E-state index contributed by atoms with van der Waals surface area (Å²) in [5.41, 5.74) is 0.454. The summed E-state index contributed by atoms with van der Waals surface area (Å²) >= 11 is 0. The number of hydrogen-bond acceptors (Lipinski definition) is 5. The molecule has 2 aliphatic rings. The minimum Gasteiger partial charge on any atom is -0.452 e. The molecule has 0 radical (unpaired) electrons. The van der Waals surface area contributed by atoms with Crippen molar-refractivity contribution in [3.63, 3.8) is 0 Å². The molecule has 21 heavy (non-hydrogen) atoms. The Kier molecular flexibility index (Phi) is 3.46. The fourth-order valence-corrected chi connectivity index (χ4v) is 2.51. The third-order valence-corrected chi connectivity index (χ3v) is 3.41. The lowest BCUT2D eigenvalue weighted by Gasteiger charge is -2.23. The van der Waals surface area contributed by atoms with E-state index in [1.165, 1.54) is 0 Å². The number of esters is 1. The van der Waals surface area contributed by atoms with E-state index >= 15 is 0 Å². The van der Waals surface area contributed by atoms with Gasteiger partial charge in [0, 0.05) is 0 Å². The number of fused-ring (bicyclic) bond motifs is 1. The maximum atomic E-state index is 12.2. The molecule has 0 unspecified atom stereocenters. The molecule has 1 aromatic carbocycles. The average Bonchev–Trinajstić information content (AvgIpc) is 2.92. The summed E-state index contributed by atoms with van der Waals surface area (Å²) in [6, 6.07) is 8.71. The first-order valence-corrected chi connectivity index (χ1v) is 6.73. The second-order valence-electron chi connectivity index (χ2n) is 5.43. The van der Waals surface area contributed by atoms with Gasteiger partial charge in [0.2, 0.25) is 0 Å². The molecule has 110 valence electrons. The molecule has 0 amide bonds. The van der Waals surface area contributed by atoms with Crippen LogP contribution in [0.4, 0.5) is 0 Å². The molecule has 2 fully saturated rings. The third-order valence-electron chi connectivity index (χ3n) is 3.41. The zero-order chi connectivity index (χ0) is 15.0. The SMILES string of the molecule is C#C[C@H]1O[C@@H]2OC(C)(C)O[C@@H]2[C@@H]1OC(=O)c1ccccc1. The van der Waals surface area contributed by atoms with Gasteiger partial charge >= 0.3 is 5.97 Å². The Bertz CT molecular complexity index is 574. The summed E-state index contributed by atoms with van der Waals surface area (Å²) in [6.45, 7) is 3.55. The second-order valence-corrected chi connectivity index (χ2v) is 5.43. The van der Waals surface area contributed by atoms with Crippen LogP contribution >= 0.6 is 0 Å². The Morgan fingerprint density at radius 2 is 2.00 bits per heavy atom. The molecule has 1 aromatic rings. The fourth-order valence-electron chi connectivity index (χ4n) is 2.51. The number of carbonyl (C=O) groups is 1. The molecule has 3 rings (SSSR count). The van der Waals surface area contributed by atoms with Crippen molar-refractivity contribution in [1.82, 2.24) is 0 Å². The highest BCUT2D eigenvalue weighted by Crippen LogP contribution is 2.38. The van der Waals surface area contributed by atoms with Crippen molar-refractivity contribution in [1.29, 1.82) is 0 Å². The van der Waals surface area contributed by atoms with Crippen molar-refractivity contribution in [2.75, 3.05) is 0 Å². The van der Waals surface area contributed by atoms with E-state index in [2.05, 4.69) is 5.92 Å². The van der Waals surface area contributed by atoms with Crippen LogP contribution in [-0.4, -0.2) is 36.4 Å². The van der Waals surface area contributed by atoms with Crippen LogP contribution in [0.3, 0.4) is 0 Å². The number of carbonyl (C=O) groups excluding carboxylic acids is 1. The van der Waals surface area contributed by atoms with Gasteiger partial charge in [-0.25, -0.2) is 4.79 Å². The van der Waals surface area contributed by atoms with Crippen LogP contribution in [0.2, 0.25) is 0 Å². The largest absolute Gasteiger partial charge is 0.452 e. The minimum atomic E-state index is -0.785. The molecule has 0 saturated carbocycles. The van der Waals surface area contributed by atoms with E-state index in [1.807, 2.05) is 6.07 Å². The van der Waals surface area contributed by atoms with Gasteiger partial charge in [-0.1, -0.05) is 24.1 Å². The summed E-state index contributed by atoms with van der Waals surface area (Å²) in [5.74, 6) is 1.22. The third kappa shape index (κ3) is 2.66. The summed E-state index contributed by atoms with van der Waals surface area (Å²) < 4.78 is 22.4. The molecule has 2 saturated heterocycles. The zero-order valence-electron chi connectivity index (χ0n) is 11.8. The Morgan fingerprint density at radius 1 is 1.29 bits per heavy atom. The van der Waals surface area contributed by atoms with E-state index in [-0.39, 0.29) is 0 Å². The standard InChI is InChI=1S/C16H16O5/c1-4-11-12(13-15(18-11)21-16(2,3)20-13)19-14(17)10-8-6-5-7-9-10/h1,5-9,11-13,15H,2-3H3/t11-,12-,13-,15-/m1/s1. The van der Waals surface area contributed by atoms with Gasteiger partial charge in [0.15, 0.2) is 30.4 Å². The number of terminal acetylenes is 1. The van der Waals surface area contributed by atoms with Crippen LogP contribution in [0.5, 0.6) is 0 Å². The van der Waals surface area contributed by atoms with Crippen molar-refractivity contribution >= 4 is 5.97 Å². The predicted molar refractivity (Wildman–Crippen MR) is 73.2 cm³/mol. The highest BCUT2D eigenvalue weighted by atomic mass is 16.8. The molecule has 4 atom stereocenters. The number of benzene rings is 1. The van der Waals surface area contributed by atoms with Crippen LogP contribution in [-0.2, 0) is 18.9 Å². The van der Waals surface area contributed by atoms with Crippen molar-refractivity contribution in [2.24, 2.45) is 0 Å². The first-order chi connectivity index (χ1) is 10.00. The number of hydrogen-bond donors (Lipinski definition) is 0. The summed E-state index contributed by atoms with van der Waals surface area (Å²) in [4.78, 5) is 12.2. The Balaban J connectivity index is 1.77. The van der Waals surface area contributed by atoms with Crippen LogP contribution in [0.1, 0.15) is 24.2 Å². The van der Waals surface area contributed by atoms with E-state index in [0.29, 0.717) is 5.56 Å². The lowest BCUT2D eigenvalue weighted by atomic mass is 10.1. The molecule has 2 heterocycles. The molecule has 5 heteroatoms. The Labute approximate surface area is 123 Å². The monoisotopic (exact) mass is 288 g/mol. The molecule has 5 nitrogen and oxygen atoms in total. The van der Waals surface area contributed by atoms with Gasteiger partial charge in [0.1, 0.15) is 0 Å². The van der Waals surface area contributed by atoms with Gasteiger partial charge < -0.3 is 18.9 Å². The van der Waals surface area contributed by atoms with Gasteiger partial charge in [0.05, 0.1) is 5.56 Å². The second kappa shape index (κ2) is 5.15. The van der Waals surface area contributed by atoms with E-state index < -0.39 is 36.4 Å². The van der Waals surface area contributed by atoms with Crippen molar-refractivity contribution in [3.8, 4) is 12.3 Å². The van der Waals surface area contributed by atoms with Crippen LogP contribution in [0.15, 0.2) is 30.3 Å². The number of rotatable bonds is 2. The van der Waals surface area contributed by atoms with Gasteiger partial charge in [-0.15, -0.1) is 6.42 Å². The van der Waals surface area contributed by atoms with E-state index in [9.17, 15) is 4.79 Å². The highest BCUT2D eigenvalue weighted by molar-refractivity contribution is 5.89. The maximum Gasteiger partial charge on any atom is 0.338 e. The molecule has 0 bridgehead atoms. The Morgan fingerprint density at radius 3 is 2.67 bits per heavy atom. The summed E-state index contributed by atoms with van der Waals surface area (Å²) in [7, 11) is 0. The Hall–Kier alpha value is -1.87. The van der Waals surface area contributed by atoms with Crippen molar-refractivity contribution < 1.29 is 23.7 Å².